The number of aromatic amines is 1. The summed E-state index contributed by atoms with van der Waals surface area (Å²) in [5.41, 5.74) is 4.68. The van der Waals surface area contributed by atoms with Gasteiger partial charge in [0.05, 0.1) is 6.54 Å². The van der Waals surface area contributed by atoms with Crippen LogP contribution in [0.15, 0.2) is 91.1 Å². The standard InChI is InChI=1S/C30H26N4O3/c35-28-20-33(30(37)24-12-11-22-13-14-31-26(22)17-24)19-25-5-1-2-6-27(25)34(28)18-21-7-9-23(10-8-21)29(36)32-15-3-4-16-32/h1-14,17,31H,15-16,18-20H2. The van der Waals surface area contributed by atoms with Gasteiger partial charge in [0.2, 0.25) is 5.91 Å². The van der Waals surface area contributed by atoms with Crippen LogP contribution in [0.1, 0.15) is 31.8 Å². The number of amides is 3. The van der Waals surface area contributed by atoms with E-state index in [1.807, 2.05) is 85.1 Å². The lowest BCUT2D eigenvalue weighted by molar-refractivity contribution is -0.119. The maximum absolute atomic E-state index is 13.5. The molecule has 0 aliphatic carbocycles. The second-order valence-corrected chi connectivity index (χ2v) is 9.43. The quantitative estimate of drug-likeness (QED) is 0.432. The highest BCUT2D eigenvalue weighted by Gasteiger charge is 2.29. The van der Waals surface area contributed by atoms with Crippen LogP contribution in [0.4, 0.5) is 5.69 Å². The fourth-order valence-electron chi connectivity index (χ4n) is 4.99. The predicted octanol–water partition coefficient (Wildman–Crippen LogP) is 4.37. The SMILES string of the molecule is O=C(c1ccc(CN2C(=O)CN(C(=O)c3ccc4cc[nH]c4c3)Cc3ccccc32)cc1)N1CC=CC1. The second kappa shape index (κ2) is 9.43. The zero-order valence-corrected chi connectivity index (χ0v) is 20.3. The van der Waals surface area contributed by atoms with Crippen LogP contribution in [-0.4, -0.2) is 52.1 Å². The van der Waals surface area contributed by atoms with Gasteiger partial charge in [-0.2, -0.15) is 0 Å². The van der Waals surface area contributed by atoms with Crippen LogP contribution in [0.3, 0.4) is 0 Å². The maximum atomic E-state index is 13.5. The van der Waals surface area contributed by atoms with E-state index in [-0.39, 0.29) is 24.3 Å². The van der Waals surface area contributed by atoms with Gasteiger partial charge in [0.15, 0.2) is 0 Å². The van der Waals surface area contributed by atoms with Gasteiger partial charge in [0.1, 0.15) is 6.54 Å². The Bertz CT molecular complexity index is 1530. The van der Waals surface area contributed by atoms with E-state index in [4.69, 9.17) is 0 Å². The molecule has 0 atom stereocenters. The van der Waals surface area contributed by atoms with Gasteiger partial charge in [-0.1, -0.05) is 48.6 Å². The van der Waals surface area contributed by atoms with Gasteiger partial charge in [-0.3, -0.25) is 14.4 Å². The molecule has 2 aliphatic heterocycles. The Morgan fingerprint density at radius 1 is 0.784 bits per heavy atom. The Labute approximate surface area is 214 Å². The molecule has 7 heteroatoms. The normalized spacial score (nSPS) is 15.2. The number of nitrogens with zero attached hydrogens (tertiary/aromatic N) is 3. The molecule has 3 heterocycles. The summed E-state index contributed by atoms with van der Waals surface area (Å²) in [6.45, 7) is 1.94. The Balaban J connectivity index is 1.24. The molecule has 6 rings (SSSR count). The summed E-state index contributed by atoms with van der Waals surface area (Å²) in [5, 5.41) is 1.03. The molecular formula is C30H26N4O3. The van der Waals surface area contributed by atoms with Crippen LogP contribution in [0, 0.1) is 0 Å². The Kier molecular flexibility index (Phi) is 5.81. The van der Waals surface area contributed by atoms with Crippen molar-refractivity contribution in [2.45, 2.75) is 13.1 Å². The molecule has 0 radical (unpaired) electrons. The Morgan fingerprint density at radius 2 is 1.51 bits per heavy atom. The minimum absolute atomic E-state index is 0.000523. The van der Waals surface area contributed by atoms with E-state index < -0.39 is 0 Å². The third-order valence-corrected chi connectivity index (χ3v) is 7.01. The van der Waals surface area contributed by atoms with Gasteiger partial charge in [0, 0.05) is 48.2 Å². The van der Waals surface area contributed by atoms with Crippen LogP contribution >= 0.6 is 0 Å². The van der Waals surface area contributed by atoms with Crippen LogP contribution in [-0.2, 0) is 17.9 Å². The number of H-pyrrole nitrogens is 1. The molecule has 0 saturated heterocycles. The lowest BCUT2D eigenvalue weighted by Crippen LogP contribution is -2.39. The summed E-state index contributed by atoms with van der Waals surface area (Å²) in [6, 6.07) is 22.6. The van der Waals surface area contributed by atoms with E-state index in [0.29, 0.717) is 37.3 Å². The second-order valence-electron chi connectivity index (χ2n) is 9.43. The van der Waals surface area contributed by atoms with Gasteiger partial charge < -0.3 is 19.7 Å². The molecule has 37 heavy (non-hydrogen) atoms. The number of hydrogen-bond acceptors (Lipinski definition) is 3. The fourth-order valence-corrected chi connectivity index (χ4v) is 4.99. The number of rotatable bonds is 4. The zero-order chi connectivity index (χ0) is 25.4. The summed E-state index contributed by atoms with van der Waals surface area (Å²) in [6.07, 6.45) is 5.82. The first-order valence-corrected chi connectivity index (χ1v) is 12.3. The number of fused-ring (bicyclic) bond motifs is 2. The van der Waals surface area contributed by atoms with Crippen molar-refractivity contribution in [1.29, 1.82) is 0 Å². The summed E-state index contributed by atoms with van der Waals surface area (Å²) >= 11 is 0. The molecule has 2 aliphatic rings. The first-order chi connectivity index (χ1) is 18.1. The number of nitrogens with one attached hydrogen (secondary N) is 1. The first kappa shape index (κ1) is 22.8. The van der Waals surface area contributed by atoms with Gasteiger partial charge >= 0.3 is 0 Å². The molecule has 0 unspecified atom stereocenters. The van der Waals surface area contributed by atoms with Crippen molar-refractivity contribution in [2.24, 2.45) is 0 Å². The molecule has 0 fully saturated rings. The number of benzene rings is 3. The highest BCUT2D eigenvalue weighted by atomic mass is 16.2. The van der Waals surface area contributed by atoms with Crippen molar-refractivity contribution in [1.82, 2.24) is 14.8 Å². The fraction of sp³-hybridized carbons (Fsp3) is 0.167. The number of carbonyl (C=O) groups is 3. The Hall–Kier alpha value is -4.65. The maximum Gasteiger partial charge on any atom is 0.254 e. The molecule has 3 aromatic carbocycles. The van der Waals surface area contributed by atoms with Crippen molar-refractivity contribution in [2.75, 3.05) is 24.5 Å². The molecule has 0 saturated carbocycles. The third kappa shape index (κ3) is 4.40. The first-order valence-electron chi connectivity index (χ1n) is 12.3. The summed E-state index contributed by atoms with van der Waals surface area (Å²) < 4.78 is 0. The van der Waals surface area contributed by atoms with E-state index in [1.54, 1.807) is 20.8 Å². The topological polar surface area (TPSA) is 76.7 Å². The highest BCUT2D eigenvalue weighted by Crippen LogP contribution is 2.28. The molecule has 184 valence electrons. The molecule has 0 spiro atoms. The molecule has 1 aromatic heterocycles. The number of carbonyl (C=O) groups excluding carboxylic acids is 3. The average Bonchev–Trinajstić information content (AvgIpc) is 3.61. The van der Waals surface area contributed by atoms with Crippen molar-refractivity contribution in [3.05, 3.63) is 113 Å². The molecular weight excluding hydrogens is 464 g/mol. The molecule has 0 bridgehead atoms. The predicted molar refractivity (Wildman–Crippen MR) is 142 cm³/mol. The van der Waals surface area contributed by atoms with E-state index in [0.717, 1.165) is 27.7 Å². The van der Waals surface area contributed by atoms with Crippen molar-refractivity contribution in [3.63, 3.8) is 0 Å². The summed E-state index contributed by atoms with van der Waals surface area (Å²) in [7, 11) is 0. The zero-order valence-electron chi connectivity index (χ0n) is 20.3. The third-order valence-electron chi connectivity index (χ3n) is 7.01. The highest BCUT2D eigenvalue weighted by molar-refractivity contribution is 6.03. The van der Waals surface area contributed by atoms with Gasteiger partial charge in [-0.25, -0.2) is 0 Å². The van der Waals surface area contributed by atoms with Crippen molar-refractivity contribution < 1.29 is 14.4 Å². The van der Waals surface area contributed by atoms with E-state index >= 15 is 0 Å². The smallest absolute Gasteiger partial charge is 0.254 e. The summed E-state index contributed by atoms with van der Waals surface area (Å²) in [5.74, 6) is -0.331. The molecule has 4 aromatic rings. The number of aromatic nitrogens is 1. The van der Waals surface area contributed by atoms with Gasteiger partial charge in [-0.15, -0.1) is 0 Å². The average molecular weight is 491 g/mol. The van der Waals surface area contributed by atoms with E-state index in [2.05, 4.69) is 4.98 Å². The number of hydrogen-bond donors (Lipinski definition) is 1. The Morgan fingerprint density at radius 3 is 2.32 bits per heavy atom. The lowest BCUT2D eigenvalue weighted by Gasteiger charge is -2.23. The van der Waals surface area contributed by atoms with Crippen molar-refractivity contribution in [3.8, 4) is 0 Å². The summed E-state index contributed by atoms with van der Waals surface area (Å²) in [4.78, 5) is 47.9. The van der Waals surface area contributed by atoms with Crippen molar-refractivity contribution >= 4 is 34.3 Å². The van der Waals surface area contributed by atoms with Gasteiger partial charge in [-0.05, 0) is 52.9 Å². The van der Waals surface area contributed by atoms with Gasteiger partial charge in [0.25, 0.3) is 11.8 Å². The van der Waals surface area contributed by atoms with Crippen LogP contribution in [0.2, 0.25) is 0 Å². The minimum atomic E-state index is -0.180. The van der Waals surface area contributed by atoms with E-state index in [9.17, 15) is 14.4 Å². The monoisotopic (exact) mass is 490 g/mol. The largest absolute Gasteiger partial charge is 0.361 e. The van der Waals surface area contributed by atoms with Crippen LogP contribution < -0.4 is 4.90 Å². The molecule has 1 N–H and O–H groups in total. The van der Waals surface area contributed by atoms with Crippen LogP contribution in [0.25, 0.3) is 10.9 Å². The lowest BCUT2D eigenvalue weighted by atomic mass is 10.1. The molecule has 3 amide bonds. The van der Waals surface area contributed by atoms with E-state index in [1.165, 1.54) is 0 Å². The minimum Gasteiger partial charge on any atom is -0.361 e. The number of anilines is 1. The molecule has 7 nitrogen and oxygen atoms in total. The van der Waals surface area contributed by atoms with Crippen LogP contribution in [0.5, 0.6) is 0 Å². The number of para-hydroxylation sites is 1.